The first-order valence-electron chi connectivity index (χ1n) is 8.33. The van der Waals surface area contributed by atoms with Gasteiger partial charge in [0, 0.05) is 28.6 Å². The van der Waals surface area contributed by atoms with Crippen molar-refractivity contribution >= 4 is 34.9 Å². The third-order valence-corrected chi connectivity index (χ3v) is 4.34. The maximum Gasteiger partial charge on any atom is 0.220 e. The summed E-state index contributed by atoms with van der Waals surface area (Å²) in [7, 11) is 0. The van der Waals surface area contributed by atoms with Crippen LogP contribution >= 0.6 is 11.6 Å². The standard InChI is InChI=1S/C20H18ClNO3/c1-3-23-18-10-14-8-12(2)24-19(14)9-13(18)4-7-20-22-16-11-15(21)5-6-17(16)25-20/h4-7,9-12H,3,8H2,1-2H3. The molecule has 0 radical (unpaired) electrons. The molecule has 0 aliphatic carbocycles. The molecule has 0 amide bonds. The molecule has 2 heterocycles. The SMILES string of the molecule is CCOc1cc2c(cc1C=Cc1nc3cc(Cl)ccc3o1)OC(C)C2. The van der Waals surface area contributed by atoms with E-state index in [0.29, 0.717) is 23.1 Å². The number of rotatable bonds is 4. The molecule has 4 rings (SSSR count). The monoisotopic (exact) mass is 355 g/mol. The Bertz CT molecular complexity index is 961. The van der Waals surface area contributed by atoms with Crippen LogP contribution in [-0.2, 0) is 6.42 Å². The molecule has 1 atom stereocenters. The molecule has 0 spiro atoms. The van der Waals surface area contributed by atoms with Crippen LogP contribution in [0.5, 0.6) is 11.5 Å². The van der Waals surface area contributed by atoms with Crippen molar-refractivity contribution in [2.45, 2.75) is 26.4 Å². The summed E-state index contributed by atoms with van der Waals surface area (Å²) in [5.74, 6) is 2.28. The molecule has 25 heavy (non-hydrogen) atoms. The van der Waals surface area contributed by atoms with E-state index in [2.05, 4.69) is 18.0 Å². The highest BCUT2D eigenvalue weighted by atomic mass is 35.5. The molecule has 4 nitrogen and oxygen atoms in total. The summed E-state index contributed by atoms with van der Waals surface area (Å²) in [4.78, 5) is 4.44. The maximum atomic E-state index is 5.99. The van der Waals surface area contributed by atoms with Crippen LogP contribution in [0.3, 0.4) is 0 Å². The summed E-state index contributed by atoms with van der Waals surface area (Å²) in [5.41, 5.74) is 3.57. The van der Waals surface area contributed by atoms with Crippen molar-refractivity contribution in [1.29, 1.82) is 0 Å². The number of hydrogen-bond donors (Lipinski definition) is 0. The number of fused-ring (bicyclic) bond motifs is 2. The predicted molar refractivity (Wildman–Crippen MR) is 99.4 cm³/mol. The fourth-order valence-corrected chi connectivity index (χ4v) is 3.18. The van der Waals surface area contributed by atoms with E-state index in [-0.39, 0.29) is 6.10 Å². The predicted octanol–water partition coefficient (Wildman–Crippen LogP) is 5.37. The summed E-state index contributed by atoms with van der Waals surface area (Å²) in [6, 6.07) is 9.47. The van der Waals surface area contributed by atoms with Gasteiger partial charge < -0.3 is 13.9 Å². The van der Waals surface area contributed by atoms with Crippen molar-refractivity contribution in [3.05, 3.63) is 52.4 Å². The fraction of sp³-hybridized carbons (Fsp3) is 0.250. The average molecular weight is 356 g/mol. The van der Waals surface area contributed by atoms with E-state index < -0.39 is 0 Å². The van der Waals surface area contributed by atoms with Crippen LogP contribution in [0.1, 0.15) is 30.9 Å². The van der Waals surface area contributed by atoms with Gasteiger partial charge in [0.2, 0.25) is 5.89 Å². The Morgan fingerprint density at radius 3 is 3.00 bits per heavy atom. The summed E-state index contributed by atoms with van der Waals surface area (Å²) >= 11 is 5.99. The Kier molecular flexibility index (Phi) is 4.14. The second-order valence-electron chi connectivity index (χ2n) is 6.06. The van der Waals surface area contributed by atoms with Crippen molar-refractivity contribution in [2.75, 3.05) is 6.61 Å². The molecule has 0 saturated heterocycles. The van der Waals surface area contributed by atoms with Crippen molar-refractivity contribution in [3.63, 3.8) is 0 Å². The van der Waals surface area contributed by atoms with Gasteiger partial charge in [0.15, 0.2) is 5.58 Å². The van der Waals surface area contributed by atoms with E-state index in [9.17, 15) is 0 Å². The minimum atomic E-state index is 0.200. The first kappa shape index (κ1) is 16.0. The van der Waals surface area contributed by atoms with Crippen LogP contribution in [0.4, 0.5) is 0 Å². The Labute approximate surface area is 151 Å². The molecular weight excluding hydrogens is 338 g/mol. The molecule has 3 aromatic rings. The lowest BCUT2D eigenvalue weighted by Crippen LogP contribution is -2.05. The van der Waals surface area contributed by atoms with E-state index in [1.807, 2.05) is 31.2 Å². The first-order chi connectivity index (χ1) is 12.1. The minimum Gasteiger partial charge on any atom is -0.493 e. The van der Waals surface area contributed by atoms with Crippen molar-refractivity contribution in [1.82, 2.24) is 4.98 Å². The van der Waals surface area contributed by atoms with Crippen LogP contribution in [-0.4, -0.2) is 17.7 Å². The Balaban J connectivity index is 1.68. The molecule has 0 fully saturated rings. The molecule has 0 bridgehead atoms. The van der Waals surface area contributed by atoms with E-state index in [1.165, 1.54) is 5.56 Å². The zero-order valence-electron chi connectivity index (χ0n) is 14.1. The molecule has 1 aliphatic heterocycles. The number of ether oxygens (including phenoxy) is 2. The van der Waals surface area contributed by atoms with Gasteiger partial charge >= 0.3 is 0 Å². The van der Waals surface area contributed by atoms with Crippen LogP contribution in [0.15, 0.2) is 34.7 Å². The Morgan fingerprint density at radius 2 is 2.16 bits per heavy atom. The molecule has 1 aromatic heterocycles. The first-order valence-corrected chi connectivity index (χ1v) is 8.70. The fourth-order valence-electron chi connectivity index (χ4n) is 3.02. The number of oxazole rings is 1. The van der Waals surface area contributed by atoms with Gasteiger partial charge in [0.1, 0.15) is 23.1 Å². The van der Waals surface area contributed by atoms with Crippen molar-refractivity contribution in [2.24, 2.45) is 0 Å². The van der Waals surface area contributed by atoms with Crippen LogP contribution < -0.4 is 9.47 Å². The third-order valence-electron chi connectivity index (χ3n) is 4.10. The highest BCUT2D eigenvalue weighted by Crippen LogP contribution is 2.36. The molecular formula is C20H18ClNO3. The number of halogens is 1. The quantitative estimate of drug-likeness (QED) is 0.630. The molecule has 0 N–H and O–H groups in total. The Morgan fingerprint density at radius 1 is 1.28 bits per heavy atom. The van der Waals surface area contributed by atoms with Gasteiger partial charge in [-0.15, -0.1) is 0 Å². The van der Waals surface area contributed by atoms with Crippen molar-refractivity contribution < 1.29 is 13.9 Å². The number of aromatic nitrogens is 1. The van der Waals surface area contributed by atoms with Crippen LogP contribution in [0.2, 0.25) is 5.02 Å². The summed E-state index contributed by atoms with van der Waals surface area (Å²) in [6.45, 7) is 4.65. The van der Waals surface area contributed by atoms with Gasteiger partial charge in [0.05, 0.1) is 6.61 Å². The van der Waals surface area contributed by atoms with Gasteiger partial charge in [-0.2, -0.15) is 0 Å². The third kappa shape index (κ3) is 3.22. The summed E-state index contributed by atoms with van der Waals surface area (Å²) < 4.78 is 17.4. The second-order valence-corrected chi connectivity index (χ2v) is 6.50. The molecule has 1 unspecified atom stereocenters. The molecule has 0 saturated carbocycles. The minimum absolute atomic E-state index is 0.200. The second kappa shape index (κ2) is 6.45. The molecule has 5 heteroatoms. The van der Waals surface area contributed by atoms with E-state index in [0.717, 1.165) is 29.0 Å². The van der Waals surface area contributed by atoms with E-state index in [4.69, 9.17) is 25.5 Å². The van der Waals surface area contributed by atoms with Gasteiger partial charge in [-0.3, -0.25) is 0 Å². The zero-order valence-corrected chi connectivity index (χ0v) is 14.8. The van der Waals surface area contributed by atoms with Gasteiger partial charge in [0.25, 0.3) is 0 Å². The smallest absolute Gasteiger partial charge is 0.220 e. The van der Waals surface area contributed by atoms with Crippen LogP contribution in [0.25, 0.3) is 23.3 Å². The van der Waals surface area contributed by atoms with E-state index in [1.54, 1.807) is 12.1 Å². The van der Waals surface area contributed by atoms with Gasteiger partial charge in [-0.05, 0) is 50.3 Å². The lowest BCUT2D eigenvalue weighted by atomic mass is 10.1. The van der Waals surface area contributed by atoms with E-state index >= 15 is 0 Å². The highest BCUT2D eigenvalue weighted by molar-refractivity contribution is 6.31. The molecule has 2 aromatic carbocycles. The highest BCUT2D eigenvalue weighted by Gasteiger charge is 2.21. The topological polar surface area (TPSA) is 44.5 Å². The molecule has 128 valence electrons. The normalized spacial score (nSPS) is 16.4. The number of hydrogen-bond acceptors (Lipinski definition) is 4. The number of benzene rings is 2. The maximum absolute atomic E-state index is 5.99. The van der Waals surface area contributed by atoms with Gasteiger partial charge in [-0.1, -0.05) is 11.6 Å². The Hall–Kier alpha value is -2.46. The zero-order chi connectivity index (χ0) is 17.4. The van der Waals surface area contributed by atoms with Gasteiger partial charge in [-0.25, -0.2) is 4.98 Å². The summed E-state index contributed by atoms with van der Waals surface area (Å²) in [6.07, 6.45) is 4.87. The summed E-state index contributed by atoms with van der Waals surface area (Å²) in [5, 5.41) is 0.639. The largest absolute Gasteiger partial charge is 0.493 e. The lowest BCUT2D eigenvalue weighted by molar-refractivity contribution is 0.254. The molecule has 1 aliphatic rings. The number of nitrogens with zero attached hydrogens (tertiary/aromatic N) is 1. The van der Waals surface area contributed by atoms with Crippen LogP contribution in [0, 0.1) is 0 Å². The lowest BCUT2D eigenvalue weighted by Gasteiger charge is -2.09. The van der Waals surface area contributed by atoms with Crippen molar-refractivity contribution in [3.8, 4) is 11.5 Å². The average Bonchev–Trinajstić information content (AvgIpc) is 3.14.